The highest BCUT2D eigenvalue weighted by molar-refractivity contribution is 7.47. The van der Waals surface area contributed by atoms with E-state index in [1.165, 1.54) is 19.3 Å². The number of hydrogen-bond acceptors (Lipinski definition) is 7. The SMILES string of the molecule is CC/C=C\C/C=C\C/C=C\C/C=C\C/C=C\C/C=C\C/C=C\C/C=C\C/C=C\CCCCCCCC(=O)OC(COC(=O)CCCCCCCCC/C=C\C/C=C\C/C=C\C/C=C\C/C=C\C/C=C\C/C=C\CC)COP(=O)(O)OCC[N+](C)(C)C. The molecule has 0 aliphatic heterocycles. The maximum Gasteiger partial charge on any atom is 0.472 e. The van der Waals surface area contributed by atoms with Crippen molar-refractivity contribution in [1.29, 1.82) is 0 Å². The Bertz CT molecular complexity index is 2150. The first-order valence-corrected chi connectivity index (χ1v) is 34.7. The highest BCUT2D eigenvalue weighted by Gasteiger charge is 2.27. The molecule has 2 unspecified atom stereocenters. The Balaban J connectivity index is 4.25. The fourth-order valence-electron chi connectivity index (χ4n) is 8.10. The number of rotatable bonds is 58. The molecule has 482 valence electrons. The van der Waals surface area contributed by atoms with Crippen molar-refractivity contribution >= 4 is 19.8 Å². The van der Waals surface area contributed by atoms with Gasteiger partial charge in [0, 0.05) is 12.8 Å². The minimum atomic E-state index is -4.42. The van der Waals surface area contributed by atoms with Crippen LogP contribution < -0.4 is 0 Å². The average Bonchev–Trinajstić information content (AvgIpc) is 3.70. The van der Waals surface area contributed by atoms with Gasteiger partial charge < -0.3 is 18.9 Å². The minimum absolute atomic E-state index is 0.0136. The van der Waals surface area contributed by atoms with E-state index in [0.717, 1.165) is 161 Å². The predicted molar refractivity (Wildman–Crippen MR) is 371 cm³/mol. The van der Waals surface area contributed by atoms with Gasteiger partial charge in [0.1, 0.15) is 19.8 Å². The van der Waals surface area contributed by atoms with Crippen LogP contribution in [0.2, 0.25) is 0 Å². The van der Waals surface area contributed by atoms with Crippen molar-refractivity contribution in [2.24, 2.45) is 0 Å². The minimum Gasteiger partial charge on any atom is -0.462 e. The molecule has 1 N–H and O–H groups in total. The van der Waals surface area contributed by atoms with E-state index in [2.05, 4.69) is 208 Å². The molecular weight excluding hydrogens is 1090 g/mol. The molecule has 0 aliphatic rings. The quantitative estimate of drug-likeness (QED) is 0.0211. The molecule has 0 aromatic heterocycles. The van der Waals surface area contributed by atoms with Crippen molar-refractivity contribution in [3.8, 4) is 0 Å². The van der Waals surface area contributed by atoms with Gasteiger partial charge in [0.15, 0.2) is 6.10 Å². The van der Waals surface area contributed by atoms with E-state index in [1.54, 1.807) is 0 Å². The Morgan fingerprint density at radius 2 is 0.628 bits per heavy atom. The maximum atomic E-state index is 12.9. The first kappa shape index (κ1) is 80.8. The monoisotopic (exact) mass is 1210 g/mol. The first-order valence-electron chi connectivity index (χ1n) is 33.2. The predicted octanol–water partition coefficient (Wildman–Crippen LogP) is 21.7. The Morgan fingerprint density at radius 3 is 0.930 bits per heavy atom. The van der Waals surface area contributed by atoms with Crippen LogP contribution in [-0.4, -0.2) is 74.9 Å². The number of esters is 2. The maximum absolute atomic E-state index is 12.9. The highest BCUT2D eigenvalue weighted by Crippen LogP contribution is 2.43. The van der Waals surface area contributed by atoms with E-state index in [9.17, 15) is 19.0 Å². The summed E-state index contributed by atoms with van der Waals surface area (Å²) in [7, 11) is 1.42. The van der Waals surface area contributed by atoms with Gasteiger partial charge in [0.2, 0.25) is 0 Å². The summed E-state index contributed by atoms with van der Waals surface area (Å²) in [6.45, 7) is 4.14. The third-order valence-corrected chi connectivity index (χ3v) is 14.1. The van der Waals surface area contributed by atoms with Gasteiger partial charge in [-0.15, -0.1) is 0 Å². The van der Waals surface area contributed by atoms with Gasteiger partial charge in [-0.1, -0.05) is 260 Å². The largest absolute Gasteiger partial charge is 0.472 e. The highest BCUT2D eigenvalue weighted by atomic mass is 31.2. The number of carbonyl (C=O) groups excluding carboxylic acids is 2. The zero-order valence-electron chi connectivity index (χ0n) is 54.7. The molecule has 0 aliphatic carbocycles. The summed E-state index contributed by atoms with van der Waals surface area (Å²) in [6.07, 6.45) is 101. The second kappa shape index (κ2) is 64.3. The molecule has 86 heavy (non-hydrogen) atoms. The van der Waals surface area contributed by atoms with E-state index in [-0.39, 0.29) is 26.1 Å². The van der Waals surface area contributed by atoms with E-state index in [0.29, 0.717) is 23.9 Å². The standard InChI is InChI=1S/C76H120NO8P/c1-6-8-10-12-14-16-18-20-22-24-26-28-30-32-34-36-37-38-39-41-43-45-47-49-51-53-55-57-59-61-63-65-67-69-76(79)85-74(73-84-86(80,81)83-71-70-77(3,4)5)72-82-75(78)68-66-64-62-60-58-56-54-52-50-48-46-44-42-40-35-33-31-29-27-25-23-21-19-17-15-13-11-9-7-2/h8-11,14-17,20-23,26-29,32-35,37-38,41-44,47-50,53,55,74H,6-7,12-13,18-19,24-25,30-31,36,39-40,45-46,51-52,54,56-73H2,1-5H3/p+1/b10-8-,11-9-,16-14-,17-15-,22-20-,23-21-,28-26-,29-27-,34-32-,35-33-,38-37-,43-41-,44-42-,49-47-,50-48-,55-53-. The number of unbranched alkanes of at least 4 members (excludes halogenated alkanes) is 12. The molecule has 10 heteroatoms. The van der Waals surface area contributed by atoms with E-state index < -0.39 is 32.5 Å². The number of quaternary nitrogens is 1. The van der Waals surface area contributed by atoms with E-state index in [4.69, 9.17) is 18.5 Å². The number of nitrogens with zero attached hydrogens (tertiary/aromatic N) is 1. The number of likely N-dealkylation sites (N-methyl/N-ethyl adjacent to an activating group) is 1. The van der Waals surface area contributed by atoms with Gasteiger partial charge in [0.25, 0.3) is 0 Å². The summed E-state index contributed by atoms with van der Waals surface area (Å²) in [4.78, 5) is 35.8. The number of phosphoric ester groups is 1. The molecule has 0 saturated heterocycles. The van der Waals surface area contributed by atoms with Crippen LogP contribution in [0.15, 0.2) is 194 Å². The molecule has 0 aromatic carbocycles. The lowest BCUT2D eigenvalue weighted by Crippen LogP contribution is -2.37. The fraction of sp³-hybridized carbons (Fsp3) is 0.553. The normalized spacial score (nSPS) is 14.4. The molecule has 9 nitrogen and oxygen atoms in total. The zero-order valence-corrected chi connectivity index (χ0v) is 55.6. The molecule has 0 amide bonds. The van der Waals surface area contributed by atoms with Crippen LogP contribution in [0.25, 0.3) is 0 Å². The summed E-state index contributed by atoms with van der Waals surface area (Å²) in [5, 5.41) is 0. The van der Waals surface area contributed by atoms with Crippen molar-refractivity contribution in [2.75, 3.05) is 47.5 Å². The topological polar surface area (TPSA) is 108 Å². The van der Waals surface area contributed by atoms with Crippen molar-refractivity contribution < 1.29 is 42.1 Å². The molecule has 0 bridgehead atoms. The smallest absolute Gasteiger partial charge is 0.462 e. The van der Waals surface area contributed by atoms with E-state index in [1.807, 2.05) is 21.1 Å². The van der Waals surface area contributed by atoms with Crippen LogP contribution in [0, 0.1) is 0 Å². The van der Waals surface area contributed by atoms with Crippen LogP contribution in [0.1, 0.15) is 219 Å². The first-order chi connectivity index (χ1) is 42.0. The zero-order chi connectivity index (χ0) is 62.6. The number of ether oxygens (including phenoxy) is 2. The van der Waals surface area contributed by atoms with Crippen LogP contribution in [-0.2, 0) is 32.7 Å². The van der Waals surface area contributed by atoms with Gasteiger partial charge in [-0.2, -0.15) is 0 Å². The lowest BCUT2D eigenvalue weighted by atomic mass is 10.1. The number of carbonyl (C=O) groups is 2. The summed E-state index contributed by atoms with van der Waals surface area (Å²) >= 11 is 0. The van der Waals surface area contributed by atoms with Crippen LogP contribution in [0.4, 0.5) is 0 Å². The van der Waals surface area contributed by atoms with Gasteiger partial charge in [-0.05, 0) is 141 Å². The van der Waals surface area contributed by atoms with Crippen LogP contribution >= 0.6 is 7.82 Å². The fourth-order valence-corrected chi connectivity index (χ4v) is 8.85. The summed E-state index contributed by atoms with van der Waals surface area (Å²) in [6, 6.07) is 0. The summed E-state index contributed by atoms with van der Waals surface area (Å²) < 4.78 is 34.6. The van der Waals surface area contributed by atoms with Gasteiger partial charge >= 0.3 is 19.8 Å². The summed E-state index contributed by atoms with van der Waals surface area (Å²) in [5.74, 6) is -0.849. The molecule has 0 radical (unpaired) electrons. The molecule has 0 saturated carbocycles. The average molecular weight is 1210 g/mol. The molecular formula is C76H121NO8P+. The van der Waals surface area contributed by atoms with Gasteiger partial charge in [-0.25, -0.2) is 4.57 Å². The lowest BCUT2D eigenvalue weighted by molar-refractivity contribution is -0.870. The Morgan fingerprint density at radius 1 is 0.360 bits per heavy atom. The third kappa shape index (κ3) is 68.0. The number of phosphoric acid groups is 1. The van der Waals surface area contributed by atoms with Crippen molar-refractivity contribution in [3.63, 3.8) is 0 Å². The van der Waals surface area contributed by atoms with E-state index >= 15 is 0 Å². The van der Waals surface area contributed by atoms with Crippen molar-refractivity contribution in [1.82, 2.24) is 0 Å². The van der Waals surface area contributed by atoms with Crippen molar-refractivity contribution in [3.05, 3.63) is 194 Å². The second-order valence-electron chi connectivity index (χ2n) is 22.4. The lowest BCUT2D eigenvalue weighted by Gasteiger charge is -2.24. The molecule has 0 spiro atoms. The van der Waals surface area contributed by atoms with Crippen LogP contribution in [0.5, 0.6) is 0 Å². The third-order valence-electron chi connectivity index (χ3n) is 13.1. The molecule has 0 heterocycles. The molecule has 0 rings (SSSR count). The number of allylic oxidation sites excluding steroid dienone is 32. The molecule has 2 atom stereocenters. The van der Waals surface area contributed by atoms with Crippen molar-refractivity contribution in [2.45, 2.75) is 225 Å². The van der Waals surface area contributed by atoms with Gasteiger partial charge in [-0.3, -0.25) is 18.6 Å². The Labute approximate surface area is 526 Å². The molecule has 0 fully saturated rings. The Hall–Kier alpha value is -5.15. The van der Waals surface area contributed by atoms with Gasteiger partial charge in [0.05, 0.1) is 27.7 Å². The summed E-state index contributed by atoms with van der Waals surface area (Å²) in [5.41, 5.74) is 0. The van der Waals surface area contributed by atoms with Crippen LogP contribution in [0.3, 0.4) is 0 Å². The Kier molecular flexibility index (Phi) is 60.5. The second-order valence-corrected chi connectivity index (χ2v) is 23.8. The molecule has 0 aromatic rings. The number of hydrogen-bond donors (Lipinski definition) is 1.